The van der Waals surface area contributed by atoms with Crippen LogP contribution in [0.15, 0.2) is 247 Å². The third-order valence-electron chi connectivity index (χ3n) is 13.2. The number of furan rings is 1. The van der Waals surface area contributed by atoms with Gasteiger partial charge in [-0.05, 0) is 116 Å². The highest BCUT2D eigenvalue weighted by atomic mass is 16.3. The van der Waals surface area contributed by atoms with Gasteiger partial charge in [0.15, 0.2) is 5.58 Å². The van der Waals surface area contributed by atoms with Gasteiger partial charge in [-0.15, -0.1) is 0 Å². The van der Waals surface area contributed by atoms with E-state index in [0.29, 0.717) is 0 Å². The molecule has 0 aliphatic rings. The van der Waals surface area contributed by atoms with Gasteiger partial charge in [0.25, 0.3) is 0 Å². The van der Waals surface area contributed by atoms with Crippen LogP contribution in [-0.2, 0) is 0 Å². The number of benzene rings is 11. The average molecular weight is 829 g/mol. The van der Waals surface area contributed by atoms with E-state index in [4.69, 9.17) is 4.42 Å². The Kier molecular flexibility index (Phi) is 8.53. The molecule has 0 fully saturated rings. The fraction of sp³-hybridized carbons (Fsp3) is 0. The van der Waals surface area contributed by atoms with Crippen molar-refractivity contribution in [3.05, 3.63) is 243 Å². The van der Waals surface area contributed by atoms with Gasteiger partial charge < -0.3 is 13.9 Å². The number of nitrogens with zero attached hydrogens (tertiary/aromatic N) is 2. The summed E-state index contributed by atoms with van der Waals surface area (Å²) in [6.45, 7) is 0. The highest BCUT2D eigenvalue weighted by Crippen LogP contribution is 2.46. The molecular weight excluding hydrogens is 789 g/mol. The predicted octanol–water partition coefficient (Wildman–Crippen LogP) is 17.5. The number of hydrogen-bond donors (Lipinski definition) is 0. The Morgan fingerprint density at radius 2 is 0.938 bits per heavy atom. The average Bonchev–Trinajstić information content (AvgIpc) is 3.91. The summed E-state index contributed by atoms with van der Waals surface area (Å²) in [7, 11) is 0. The van der Waals surface area contributed by atoms with Gasteiger partial charge in [-0.2, -0.15) is 0 Å². The van der Waals surface area contributed by atoms with Gasteiger partial charge in [-0.1, -0.05) is 182 Å². The Labute approximate surface area is 376 Å². The van der Waals surface area contributed by atoms with Crippen LogP contribution in [0.5, 0.6) is 0 Å². The maximum atomic E-state index is 6.94. The van der Waals surface area contributed by atoms with E-state index in [-0.39, 0.29) is 0 Å². The molecule has 13 aromatic rings. The minimum Gasteiger partial charge on any atom is -0.454 e. The first-order chi connectivity index (χ1) is 32.2. The van der Waals surface area contributed by atoms with E-state index in [9.17, 15) is 0 Å². The van der Waals surface area contributed by atoms with Crippen molar-refractivity contribution >= 4 is 82.4 Å². The summed E-state index contributed by atoms with van der Waals surface area (Å²) in [5.74, 6) is 0. The fourth-order valence-corrected chi connectivity index (χ4v) is 10.1. The first-order valence-electron chi connectivity index (χ1n) is 22.2. The van der Waals surface area contributed by atoms with Crippen molar-refractivity contribution < 1.29 is 4.42 Å². The van der Waals surface area contributed by atoms with Crippen LogP contribution in [0.3, 0.4) is 0 Å². The van der Waals surface area contributed by atoms with E-state index < -0.39 is 0 Å². The van der Waals surface area contributed by atoms with Gasteiger partial charge >= 0.3 is 0 Å². The summed E-state index contributed by atoms with van der Waals surface area (Å²) >= 11 is 0. The van der Waals surface area contributed by atoms with Crippen molar-refractivity contribution in [1.82, 2.24) is 4.57 Å². The lowest BCUT2D eigenvalue weighted by atomic mass is 9.90. The molecule has 0 aliphatic carbocycles. The standard InChI is InChI=1S/C62H40N2O/c1-3-14-41(15-4-1)42-26-31-49(32-27-42)64-57-24-12-11-22-53(57)54-37-35-50(40-59(54)64)63(58-25-13-23-55-56-38-46-19-7-8-20-47(46)39-60(56)65-62(55)58)48-33-28-44(29-34-48)52-36-30-43-16-9-10-21-51(43)61(52)45-17-5-2-6-18-45/h1-40H. The summed E-state index contributed by atoms with van der Waals surface area (Å²) in [6.07, 6.45) is 0. The zero-order valence-corrected chi connectivity index (χ0v) is 35.4. The number of hydrogen-bond acceptors (Lipinski definition) is 2. The molecule has 0 bridgehead atoms. The number of anilines is 3. The second kappa shape index (κ2) is 15.0. The highest BCUT2D eigenvalue weighted by Gasteiger charge is 2.22. The molecule has 2 heterocycles. The quantitative estimate of drug-likeness (QED) is 0.160. The number of fused-ring (bicyclic) bond motifs is 8. The molecule has 0 amide bonds. The SMILES string of the molecule is c1ccc(-c2ccc(-n3c4ccccc4c4ccc(N(c5ccc(-c6ccc7ccccc7c6-c6ccccc6)cc5)c5cccc6c5oc5cc7ccccc7cc56)cc43)cc2)cc1. The number of para-hydroxylation sites is 2. The molecule has 3 heteroatoms. The van der Waals surface area contributed by atoms with Crippen LogP contribution in [0.4, 0.5) is 17.1 Å². The zero-order chi connectivity index (χ0) is 42.8. The minimum atomic E-state index is 0.847. The summed E-state index contributed by atoms with van der Waals surface area (Å²) in [4.78, 5) is 2.37. The Balaban J connectivity index is 1.02. The van der Waals surface area contributed by atoms with Gasteiger partial charge in [0.05, 0.1) is 16.7 Å². The Bertz CT molecular complexity index is 3920. The Morgan fingerprint density at radius 3 is 1.72 bits per heavy atom. The van der Waals surface area contributed by atoms with Crippen molar-refractivity contribution in [3.63, 3.8) is 0 Å². The lowest BCUT2D eigenvalue weighted by Crippen LogP contribution is -2.10. The summed E-state index contributed by atoms with van der Waals surface area (Å²) in [5, 5.41) is 9.43. The summed E-state index contributed by atoms with van der Waals surface area (Å²) < 4.78 is 9.35. The largest absolute Gasteiger partial charge is 0.454 e. The second-order valence-corrected chi connectivity index (χ2v) is 16.9. The monoisotopic (exact) mass is 828 g/mol. The lowest BCUT2D eigenvalue weighted by molar-refractivity contribution is 0.669. The topological polar surface area (TPSA) is 21.3 Å². The smallest absolute Gasteiger partial charge is 0.159 e. The van der Waals surface area contributed by atoms with E-state index in [0.717, 1.165) is 61.2 Å². The third kappa shape index (κ3) is 6.12. The normalized spacial score (nSPS) is 11.7. The van der Waals surface area contributed by atoms with Crippen LogP contribution in [0.1, 0.15) is 0 Å². The molecule has 0 atom stereocenters. The van der Waals surface area contributed by atoms with Crippen molar-refractivity contribution in [2.75, 3.05) is 4.90 Å². The van der Waals surface area contributed by atoms with Gasteiger partial charge in [-0.25, -0.2) is 0 Å². The minimum absolute atomic E-state index is 0.847. The first kappa shape index (κ1) is 36.9. The highest BCUT2D eigenvalue weighted by molar-refractivity contribution is 6.15. The summed E-state index contributed by atoms with van der Waals surface area (Å²) in [6, 6.07) is 87.7. The number of rotatable bonds is 7. The molecule has 0 aliphatic heterocycles. The van der Waals surface area contributed by atoms with E-state index in [1.54, 1.807) is 0 Å². The van der Waals surface area contributed by atoms with Crippen LogP contribution in [0, 0.1) is 0 Å². The van der Waals surface area contributed by atoms with Gasteiger partial charge in [-0.3, -0.25) is 0 Å². The van der Waals surface area contributed by atoms with Crippen LogP contribution >= 0.6 is 0 Å². The zero-order valence-electron chi connectivity index (χ0n) is 35.4. The molecule has 11 aromatic carbocycles. The van der Waals surface area contributed by atoms with E-state index in [2.05, 4.69) is 252 Å². The van der Waals surface area contributed by atoms with Crippen LogP contribution in [-0.4, -0.2) is 4.57 Å². The maximum absolute atomic E-state index is 6.94. The molecule has 0 saturated heterocycles. The lowest BCUT2D eigenvalue weighted by Gasteiger charge is -2.26. The Morgan fingerprint density at radius 1 is 0.338 bits per heavy atom. The van der Waals surface area contributed by atoms with Gasteiger partial charge in [0, 0.05) is 38.6 Å². The van der Waals surface area contributed by atoms with Crippen molar-refractivity contribution in [3.8, 4) is 39.1 Å². The van der Waals surface area contributed by atoms with Crippen molar-refractivity contribution in [2.24, 2.45) is 0 Å². The van der Waals surface area contributed by atoms with Gasteiger partial charge in [0.2, 0.25) is 0 Å². The molecule has 65 heavy (non-hydrogen) atoms. The molecule has 0 radical (unpaired) electrons. The molecule has 304 valence electrons. The van der Waals surface area contributed by atoms with Crippen molar-refractivity contribution in [1.29, 1.82) is 0 Å². The third-order valence-corrected chi connectivity index (χ3v) is 13.2. The number of aromatic nitrogens is 1. The molecule has 0 saturated carbocycles. The maximum Gasteiger partial charge on any atom is 0.159 e. The first-order valence-corrected chi connectivity index (χ1v) is 22.2. The molecule has 13 rings (SSSR count). The molecular formula is C62H40N2O. The fourth-order valence-electron chi connectivity index (χ4n) is 10.1. The second-order valence-electron chi connectivity index (χ2n) is 16.9. The van der Waals surface area contributed by atoms with Gasteiger partial charge in [0.1, 0.15) is 5.58 Å². The molecule has 0 unspecified atom stereocenters. The van der Waals surface area contributed by atoms with Crippen LogP contribution in [0.25, 0.3) is 104 Å². The molecule has 0 N–H and O–H groups in total. The van der Waals surface area contributed by atoms with E-state index in [1.165, 1.54) is 60.3 Å². The van der Waals surface area contributed by atoms with Crippen molar-refractivity contribution in [2.45, 2.75) is 0 Å². The molecule has 2 aromatic heterocycles. The van der Waals surface area contributed by atoms with E-state index >= 15 is 0 Å². The van der Waals surface area contributed by atoms with E-state index in [1.807, 2.05) is 0 Å². The Hall–Kier alpha value is -8.66. The summed E-state index contributed by atoms with van der Waals surface area (Å²) in [5.41, 5.74) is 15.4. The van der Waals surface area contributed by atoms with Crippen LogP contribution in [0.2, 0.25) is 0 Å². The predicted molar refractivity (Wildman–Crippen MR) is 274 cm³/mol. The van der Waals surface area contributed by atoms with Crippen LogP contribution < -0.4 is 4.90 Å². The molecule has 0 spiro atoms. The molecule has 3 nitrogen and oxygen atoms in total.